The molecule has 44 heavy (non-hydrogen) atoms. The zero-order chi connectivity index (χ0) is 32.2. The molecular formula is C35H47F2NO6. The molecule has 0 saturated heterocycles. The number of alkyl halides is 2. The number of ether oxygens (including phenoxy) is 1. The van der Waals surface area contributed by atoms with E-state index in [4.69, 9.17) is 10.5 Å². The van der Waals surface area contributed by atoms with Crippen molar-refractivity contribution >= 4 is 11.8 Å². The Morgan fingerprint density at radius 2 is 1.75 bits per heavy atom. The molecule has 1 aromatic carbocycles. The van der Waals surface area contributed by atoms with Crippen LogP contribution in [0.2, 0.25) is 0 Å². The lowest BCUT2D eigenvalue weighted by Crippen LogP contribution is -2.61. The molecule has 4 aliphatic carbocycles. The number of unbranched alkanes of at least 4 members (excludes halogenated alkanes) is 3. The quantitative estimate of drug-likeness (QED) is 0.157. The van der Waals surface area contributed by atoms with E-state index in [1.54, 1.807) is 25.1 Å². The number of aryl methyl sites for hydroxylation is 1. The topological polar surface area (TPSA) is 130 Å². The van der Waals surface area contributed by atoms with Gasteiger partial charge < -0.3 is 25.8 Å². The standard InChI is InChI=1S/C35H47F2NO6/c1-20-15-27-33(42,29(20)40)18-23(19-39)16-25-28-32(3,4)34(28,17-21(2)35(25,27)43)44-31(41)26(38)10-8-6-5-7-9-22-11-13-24(14-12-22)30(36)37/h11-16,21,25-28,30,39,42-43H,5-10,17-19,38H2,1-4H3/t21-,25+,26-,27-,28+,33-,34+,35-/m1/s1. The Hall–Kier alpha value is -2.46. The average molecular weight is 616 g/mol. The van der Waals surface area contributed by atoms with Crippen LogP contribution < -0.4 is 5.73 Å². The number of hydrogen-bond acceptors (Lipinski definition) is 7. The molecule has 5 N–H and O–H groups in total. The van der Waals surface area contributed by atoms with Gasteiger partial charge in [0.25, 0.3) is 6.43 Å². The van der Waals surface area contributed by atoms with Crippen LogP contribution in [0.3, 0.4) is 0 Å². The number of benzene rings is 1. The molecule has 0 radical (unpaired) electrons. The van der Waals surface area contributed by atoms with Gasteiger partial charge in [0.05, 0.1) is 12.2 Å². The maximum Gasteiger partial charge on any atom is 0.323 e. The van der Waals surface area contributed by atoms with Crippen LogP contribution in [0.1, 0.15) is 90.2 Å². The van der Waals surface area contributed by atoms with Gasteiger partial charge in [0.2, 0.25) is 0 Å². The Balaban J connectivity index is 1.21. The van der Waals surface area contributed by atoms with E-state index in [-0.39, 0.29) is 24.5 Å². The lowest BCUT2D eigenvalue weighted by molar-refractivity contribution is -0.187. The van der Waals surface area contributed by atoms with E-state index < -0.39 is 64.2 Å². The summed E-state index contributed by atoms with van der Waals surface area (Å²) >= 11 is 0. The second kappa shape index (κ2) is 11.7. The van der Waals surface area contributed by atoms with Crippen LogP contribution in [0.4, 0.5) is 8.78 Å². The summed E-state index contributed by atoms with van der Waals surface area (Å²) in [4.78, 5) is 26.5. The molecule has 2 saturated carbocycles. The van der Waals surface area contributed by atoms with Gasteiger partial charge >= 0.3 is 5.97 Å². The number of esters is 1. The predicted octanol–water partition coefficient (Wildman–Crippen LogP) is 4.97. The number of ketones is 1. The molecule has 7 nitrogen and oxygen atoms in total. The predicted molar refractivity (Wildman–Crippen MR) is 161 cm³/mol. The summed E-state index contributed by atoms with van der Waals surface area (Å²) in [7, 11) is 0. The maximum absolute atomic E-state index is 13.4. The van der Waals surface area contributed by atoms with Crippen LogP contribution in [0.15, 0.2) is 47.6 Å². The van der Waals surface area contributed by atoms with Gasteiger partial charge in [-0.25, -0.2) is 8.78 Å². The largest absolute Gasteiger partial charge is 0.457 e. The maximum atomic E-state index is 13.4. The van der Waals surface area contributed by atoms with Crippen molar-refractivity contribution < 1.29 is 38.4 Å². The molecule has 242 valence electrons. The van der Waals surface area contributed by atoms with E-state index in [0.29, 0.717) is 24.0 Å². The van der Waals surface area contributed by atoms with E-state index in [2.05, 4.69) is 0 Å². The van der Waals surface area contributed by atoms with Crippen LogP contribution in [-0.4, -0.2) is 56.5 Å². The van der Waals surface area contributed by atoms with Crippen LogP contribution in [0.25, 0.3) is 0 Å². The number of carbonyl (C=O) groups is 2. The fraction of sp³-hybridized carbons (Fsp3) is 0.657. The van der Waals surface area contributed by atoms with Gasteiger partial charge in [-0.15, -0.1) is 0 Å². The Kier molecular flexibility index (Phi) is 8.77. The summed E-state index contributed by atoms with van der Waals surface area (Å²) in [6.07, 6.45) is 6.10. The molecule has 0 unspecified atom stereocenters. The Labute approximate surface area is 258 Å². The second-order valence-electron chi connectivity index (χ2n) is 14.4. The Bertz CT molecular complexity index is 1340. The van der Waals surface area contributed by atoms with Crippen molar-refractivity contribution in [2.24, 2.45) is 34.8 Å². The van der Waals surface area contributed by atoms with Crippen LogP contribution >= 0.6 is 0 Å². The first-order valence-electron chi connectivity index (χ1n) is 16.0. The number of halogens is 2. The van der Waals surface area contributed by atoms with Crippen molar-refractivity contribution in [3.63, 3.8) is 0 Å². The molecule has 0 heterocycles. The summed E-state index contributed by atoms with van der Waals surface area (Å²) in [5.41, 5.74) is 3.61. The van der Waals surface area contributed by atoms with Crippen molar-refractivity contribution in [3.8, 4) is 0 Å². The minimum absolute atomic E-state index is 0.0266. The third kappa shape index (κ3) is 5.17. The van der Waals surface area contributed by atoms with E-state index in [1.165, 1.54) is 12.1 Å². The summed E-state index contributed by atoms with van der Waals surface area (Å²) in [5.74, 6) is -2.99. The number of carbonyl (C=O) groups excluding carboxylic acids is 2. The number of Topliss-reactive ketones (excluding diaryl/α,β-unsaturated/α-hetero) is 1. The SMILES string of the molecule is CC1=C[C@H]2[C@@]3(O)[C@H](C)C[C@]4(OC(=O)[C@H](N)CCCCCCc5ccc(C(F)F)cc5)[C@@H]([C@@H]3C=C(CO)C[C@]2(O)C1=O)C4(C)C. The lowest BCUT2D eigenvalue weighted by atomic mass is 9.60. The van der Waals surface area contributed by atoms with E-state index in [9.17, 15) is 33.7 Å². The molecule has 4 aliphatic rings. The smallest absolute Gasteiger partial charge is 0.323 e. The first kappa shape index (κ1) is 32.9. The third-order valence-corrected chi connectivity index (χ3v) is 11.4. The number of fused-ring (bicyclic) bond motifs is 5. The van der Waals surface area contributed by atoms with Gasteiger partial charge in [0, 0.05) is 35.2 Å². The van der Waals surface area contributed by atoms with Crippen molar-refractivity contribution in [2.45, 2.75) is 108 Å². The second-order valence-corrected chi connectivity index (χ2v) is 14.4. The summed E-state index contributed by atoms with van der Waals surface area (Å²) in [5, 5.41) is 34.2. The highest BCUT2D eigenvalue weighted by molar-refractivity contribution is 6.04. The lowest BCUT2D eigenvalue weighted by Gasteiger charge is -2.50. The van der Waals surface area contributed by atoms with Crippen molar-refractivity contribution in [3.05, 3.63) is 58.7 Å². The summed E-state index contributed by atoms with van der Waals surface area (Å²) in [6.45, 7) is 7.21. The number of aliphatic hydroxyl groups excluding tert-OH is 1. The van der Waals surface area contributed by atoms with E-state index in [0.717, 1.165) is 37.7 Å². The van der Waals surface area contributed by atoms with Gasteiger partial charge in [-0.1, -0.05) is 76.5 Å². The monoisotopic (exact) mass is 615 g/mol. The molecule has 8 atom stereocenters. The minimum atomic E-state index is -2.46. The number of nitrogens with two attached hydrogens (primary N) is 1. The van der Waals surface area contributed by atoms with Gasteiger partial charge in [0.15, 0.2) is 5.78 Å². The average Bonchev–Trinajstić information content (AvgIpc) is 3.38. The highest BCUT2D eigenvalue weighted by Crippen LogP contribution is 2.76. The van der Waals surface area contributed by atoms with Gasteiger partial charge in [-0.3, -0.25) is 9.59 Å². The summed E-state index contributed by atoms with van der Waals surface area (Å²) < 4.78 is 31.8. The molecule has 2 fully saturated rings. The Morgan fingerprint density at radius 1 is 1.09 bits per heavy atom. The molecule has 0 amide bonds. The van der Waals surface area contributed by atoms with Gasteiger partial charge in [-0.05, 0) is 55.2 Å². The highest BCUT2D eigenvalue weighted by Gasteiger charge is 2.83. The molecule has 0 aliphatic heterocycles. The Morgan fingerprint density at radius 3 is 2.39 bits per heavy atom. The van der Waals surface area contributed by atoms with E-state index in [1.807, 2.05) is 26.8 Å². The van der Waals surface area contributed by atoms with Crippen LogP contribution in [0.5, 0.6) is 0 Å². The normalized spacial score (nSPS) is 36.0. The number of hydrogen-bond donors (Lipinski definition) is 4. The molecule has 0 aromatic heterocycles. The molecule has 1 aromatic rings. The van der Waals surface area contributed by atoms with E-state index >= 15 is 0 Å². The van der Waals surface area contributed by atoms with Crippen LogP contribution in [-0.2, 0) is 20.7 Å². The van der Waals surface area contributed by atoms with Crippen molar-refractivity contribution in [2.75, 3.05) is 6.61 Å². The van der Waals surface area contributed by atoms with Gasteiger partial charge in [0.1, 0.15) is 17.2 Å². The van der Waals surface area contributed by atoms with Crippen molar-refractivity contribution in [1.82, 2.24) is 0 Å². The highest BCUT2D eigenvalue weighted by atomic mass is 19.3. The first-order chi connectivity index (χ1) is 20.6. The fourth-order valence-corrected chi connectivity index (χ4v) is 8.85. The fourth-order valence-electron chi connectivity index (χ4n) is 8.85. The number of rotatable bonds is 11. The van der Waals surface area contributed by atoms with Crippen LogP contribution in [0, 0.1) is 29.1 Å². The van der Waals surface area contributed by atoms with Crippen molar-refractivity contribution in [1.29, 1.82) is 0 Å². The zero-order valence-corrected chi connectivity index (χ0v) is 26.2. The molecule has 0 bridgehead atoms. The molecular weight excluding hydrogens is 568 g/mol. The third-order valence-electron chi connectivity index (χ3n) is 11.4. The molecule has 0 spiro atoms. The molecule has 5 rings (SSSR count). The molecule has 9 heteroatoms. The first-order valence-corrected chi connectivity index (χ1v) is 16.0. The number of aliphatic hydroxyl groups is 3. The summed E-state index contributed by atoms with van der Waals surface area (Å²) in [6, 6.07) is 5.63. The zero-order valence-electron chi connectivity index (χ0n) is 26.2. The minimum Gasteiger partial charge on any atom is -0.457 e. The van der Waals surface area contributed by atoms with Gasteiger partial charge in [-0.2, -0.15) is 0 Å².